The topological polar surface area (TPSA) is 60.9 Å². The van der Waals surface area contributed by atoms with E-state index in [1.54, 1.807) is 9.80 Å². The van der Waals surface area contributed by atoms with E-state index in [0.29, 0.717) is 25.2 Å². The van der Waals surface area contributed by atoms with E-state index in [1.807, 2.05) is 0 Å². The second kappa shape index (κ2) is 7.30. The molecule has 5 nitrogen and oxygen atoms in total. The highest BCUT2D eigenvalue weighted by Gasteiger charge is 2.35. The van der Waals surface area contributed by atoms with Gasteiger partial charge in [0.2, 0.25) is 5.91 Å². The van der Waals surface area contributed by atoms with Crippen molar-refractivity contribution >= 4 is 11.8 Å². The van der Waals surface area contributed by atoms with Crippen LogP contribution in [-0.4, -0.2) is 59.0 Å². The summed E-state index contributed by atoms with van der Waals surface area (Å²) in [5.74, 6) is -0.701. The summed E-state index contributed by atoms with van der Waals surface area (Å²) in [5.41, 5.74) is 0.443. The molecule has 2 amide bonds. The van der Waals surface area contributed by atoms with Gasteiger partial charge < -0.3 is 14.9 Å². The van der Waals surface area contributed by atoms with Gasteiger partial charge in [-0.2, -0.15) is 0 Å². The molecule has 1 aromatic rings. The van der Waals surface area contributed by atoms with Crippen molar-refractivity contribution in [1.82, 2.24) is 9.80 Å². The lowest BCUT2D eigenvalue weighted by Crippen LogP contribution is -2.48. The van der Waals surface area contributed by atoms with Gasteiger partial charge in [-0.3, -0.25) is 9.59 Å². The van der Waals surface area contributed by atoms with Gasteiger partial charge in [-0.25, -0.2) is 4.39 Å². The smallest absolute Gasteiger partial charge is 0.253 e. The van der Waals surface area contributed by atoms with Crippen LogP contribution >= 0.6 is 0 Å². The summed E-state index contributed by atoms with van der Waals surface area (Å²) >= 11 is 0. The van der Waals surface area contributed by atoms with Crippen molar-refractivity contribution in [2.24, 2.45) is 5.92 Å². The number of likely N-dealkylation sites (tertiary alicyclic amines) is 2. The Hall–Kier alpha value is -1.95. The number of halogens is 1. The lowest BCUT2D eigenvalue weighted by molar-refractivity contribution is -0.138. The lowest BCUT2D eigenvalue weighted by Gasteiger charge is -2.35. The molecule has 2 aliphatic heterocycles. The highest BCUT2D eigenvalue weighted by atomic mass is 19.1. The van der Waals surface area contributed by atoms with Gasteiger partial charge in [0.25, 0.3) is 5.91 Å². The van der Waals surface area contributed by atoms with Crippen LogP contribution in [0.25, 0.3) is 0 Å². The number of rotatable bonds is 3. The monoisotopic (exact) mass is 334 g/mol. The fourth-order valence-corrected chi connectivity index (χ4v) is 3.69. The Kier molecular flexibility index (Phi) is 5.14. The van der Waals surface area contributed by atoms with Gasteiger partial charge in [0.15, 0.2) is 0 Å². The minimum absolute atomic E-state index is 0.00329. The number of carbonyl (C=O) groups is 2. The molecule has 0 aliphatic carbocycles. The molecule has 2 aliphatic rings. The van der Waals surface area contributed by atoms with Crippen LogP contribution in [0.15, 0.2) is 24.3 Å². The molecule has 24 heavy (non-hydrogen) atoms. The molecule has 0 radical (unpaired) electrons. The molecular weight excluding hydrogens is 311 g/mol. The molecule has 2 fully saturated rings. The molecule has 2 saturated heterocycles. The Morgan fingerprint density at radius 2 is 1.83 bits per heavy atom. The Bertz CT molecular complexity index is 605. The molecule has 6 heteroatoms. The molecule has 0 aromatic heterocycles. The first-order valence-electron chi connectivity index (χ1n) is 8.56. The van der Waals surface area contributed by atoms with Gasteiger partial charge >= 0.3 is 0 Å². The number of hydrogen-bond donors (Lipinski definition) is 1. The van der Waals surface area contributed by atoms with Crippen molar-refractivity contribution in [3.8, 4) is 0 Å². The summed E-state index contributed by atoms with van der Waals surface area (Å²) in [7, 11) is 0. The fraction of sp³-hybridized carbons (Fsp3) is 0.556. The SMILES string of the molecule is O=C(c1ccc(F)cc1)N1CCCC(C(=O)N2CCC[C@@H]2CO)C1. The number of aliphatic hydroxyl groups is 1. The molecule has 1 aromatic carbocycles. The highest BCUT2D eigenvalue weighted by Crippen LogP contribution is 2.25. The van der Waals surface area contributed by atoms with Crippen molar-refractivity contribution < 1.29 is 19.1 Å². The number of hydrogen-bond acceptors (Lipinski definition) is 3. The zero-order chi connectivity index (χ0) is 17.1. The molecule has 0 saturated carbocycles. The molecule has 130 valence electrons. The highest BCUT2D eigenvalue weighted by molar-refractivity contribution is 5.94. The van der Waals surface area contributed by atoms with Crippen LogP contribution < -0.4 is 0 Å². The zero-order valence-corrected chi connectivity index (χ0v) is 13.7. The van der Waals surface area contributed by atoms with Crippen molar-refractivity contribution in [1.29, 1.82) is 0 Å². The summed E-state index contributed by atoms with van der Waals surface area (Å²) in [6.45, 7) is 1.69. The summed E-state index contributed by atoms with van der Waals surface area (Å²) < 4.78 is 13.0. The molecule has 2 heterocycles. The number of aliphatic hydroxyl groups excluding tert-OH is 1. The van der Waals surface area contributed by atoms with Crippen LogP contribution in [0.1, 0.15) is 36.0 Å². The summed E-state index contributed by atoms with van der Waals surface area (Å²) in [4.78, 5) is 28.8. The van der Waals surface area contributed by atoms with E-state index >= 15 is 0 Å². The predicted octanol–water partition coefficient (Wildman–Crippen LogP) is 1.66. The summed E-state index contributed by atoms with van der Waals surface area (Å²) in [5, 5.41) is 9.41. The van der Waals surface area contributed by atoms with Crippen molar-refractivity contribution in [2.45, 2.75) is 31.7 Å². The molecule has 3 rings (SSSR count). The summed E-state index contributed by atoms with van der Waals surface area (Å²) in [6.07, 6.45) is 3.30. The minimum Gasteiger partial charge on any atom is -0.394 e. The van der Waals surface area contributed by atoms with Gasteiger partial charge in [-0.05, 0) is 49.9 Å². The van der Waals surface area contributed by atoms with E-state index in [0.717, 1.165) is 25.7 Å². The quantitative estimate of drug-likeness (QED) is 0.914. The Balaban J connectivity index is 1.66. The Morgan fingerprint density at radius 1 is 1.12 bits per heavy atom. The van der Waals surface area contributed by atoms with E-state index in [-0.39, 0.29) is 36.2 Å². The van der Waals surface area contributed by atoms with Crippen molar-refractivity contribution in [3.05, 3.63) is 35.6 Å². The fourth-order valence-electron chi connectivity index (χ4n) is 3.69. The van der Waals surface area contributed by atoms with E-state index in [9.17, 15) is 19.1 Å². The molecule has 1 unspecified atom stereocenters. The van der Waals surface area contributed by atoms with Crippen LogP contribution in [0, 0.1) is 11.7 Å². The molecule has 2 atom stereocenters. The maximum absolute atomic E-state index is 13.0. The van der Waals surface area contributed by atoms with Crippen LogP contribution in [0.5, 0.6) is 0 Å². The molecule has 1 N–H and O–H groups in total. The van der Waals surface area contributed by atoms with Crippen molar-refractivity contribution in [3.63, 3.8) is 0 Å². The predicted molar refractivity (Wildman–Crippen MR) is 86.8 cm³/mol. The van der Waals surface area contributed by atoms with Gasteiger partial charge in [-0.1, -0.05) is 0 Å². The van der Waals surface area contributed by atoms with Gasteiger partial charge in [0, 0.05) is 25.2 Å². The summed E-state index contributed by atoms with van der Waals surface area (Å²) in [6, 6.07) is 5.42. The third-order valence-electron chi connectivity index (χ3n) is 5.02. The van der Waals surface area contributed by atoms with Crippen molar-refractivity contribution in [2.75, 3.05) is 26.2 Å². The number of nitrogens with zero attached hydrogens (tertiary/aromatic N) is 2. The maximum atomic E-state index is 13.0. The first kappa shape index (κ1) is 16.9. The third kappa shape index (κ3) is 3.43. The first-order chi connectivity index (χ1) is 11.6. The second-order valence-electron chi connectivity index (χ2n) is 6.61. The molecule has 0 bridgehead atoms. The largest absolute Gasteiger partial charge is 0.394 e. The van der Waals surface area contributed by atoms with Crippen LogP contribution in [-0.2, 0) is 4.79 Å². The zero-order valence-electron chi connectivity index (χ0n) is 13.7. The van der Waals surface area contributed by atoms with E-state index < -0.39 is 0 Å². The average Bonchev–Trinajstić information content (AvgIpc) is 3.10. The maximum Gasteiger partial charge on any atom is 0.253 e. The van der Waals surface area contributed by atoms with Crippen LogP contribution in [0.3, 0.4) is 0 Å². The normalized spacial score (nSPS) is 24.2. The van der Waals surface area contributed by atoms with Gasteiger partial charge in [-0.15, -0.1) is 0 Å². The molecule has 0 spiro atoms. The van der Waals surface area contributed by atoms with Gasteiger partial charge in [0.05, 0.1) is 18.6 Å². The van der Waals surface area contributed by atoms with E-state index in [4.69, 9.17) is 0 Å². The number of carbonyl (C=O) groups excluding carboxylic acids is 2. The van der Waals surface area contributed by atoms with Gasteiger partial charge in [0.1, 0.15) is 5.82 Å². The second-order valence-corrected chi connectivity index (χ2v) is 6.61. The minimum atomic E-state index is -0.373. The lowest BCUT2D eigenvalue weighted by atomic mass is 9.95. The van der Waals surface area contributed by atoms with Crippen LogP contribution in [0.2, 0.25) is 0 Å². The standard InChI is InChI=1S/C18H23FN2O3/c19-15-7-5-13(6-8-15)17(23)20-9-1-3-14(11-20)18(24)21-10-2-4-16(21)12-22/h5-8,14,16,22H,1-4,9-12H2/t14?,16-/m1/s1. The number of piperidine rings is 1. The number of amides is 2. The Morgan fingerprint density at radius 3 is 2.54 bits per heavy atom. The third-order valence-corrected chi connectivity index (χ3v) is 5.02. The van der Waals surface area contributed by atoms with Crippen LogP contribution in [0.4, 0.5) is 4.39 Å². The van der Waals surface area contributed by atoms with E-state index in [2.05, 4.69) is 0 Å². The Labute approximate surface area is 141 Å². The van der Waals surface area contributed by atoms with E-state index in [1.165, 1.54) is 24.3 Å². The first-order valence-corrected chi connectivity index (χ1v) is 8.56. The number of benzene rings is 1. The molecular formula is C18H23FN2O3. The average molecular weight is 334 g/mol.